The van der Waals surface area contributed by atoms with Gasteiger partial charge in [0.15, 0.2) is 0 Å². The van der Waals surface area contributed by atoms with E-state index in [4.69, 9.17) is 10.8 Å². The van der Waals surface area contributed by atoms with Crippen molar-refractivity contribution in [2.24, 2.45) is 0 Å². The van der Waals surface area contributed by atoms with Gasteiger partial charge in [-0.15, -0.1) is 12.3 Å². The summed E-state index contributed by atoms with van der Waals surface area (Å²) < 4.78 is 5.23. The first-order chi connectivity index (χ1) is 6.74. The number of rotatable bonds is 5. The highest BCUT2D eigenvalue weighted by Crippen LogP contribution is 2.11. The van der Waals surface area contributed by atoms with E-state index in [1.165, 1.54) is 5.56 Å². The van der Waals surface area contributed by atoms with Crippen molar-refractivity contribution in [3.8, 4) is 12.3 Å². The van der Waals surface area contributed by atoms with Crippen molar-refractivity contribution in [3.63, 3.8) is 0 Å². The Morgan fingerprint density at radius 1 is 1.57 bits per heavy atom. The zero-order valence-corrected chi connectivity index (χ0v) is 8.92. The van der Waals surface area contributed by atoms with Crippen LogP contribution >= 0.6 is 0 Å². The third-order valence-electron chi connectivity index (χ3n) is 2.27. The van der Waals surface area contributed by atoms with Gasteiger partial charge in [0.1, 0.15) is 5.76 Å². The highest BCUT2D eigenvalue weighted by molar-refractivity contribution is 5.14. The first kappa shape index (κ1) is 10.9. The maximum Gasteiger partial charge on any atom is 0.105 e. The van der Waals surface area contributed by atoms with Gasteiger partial charge in [0.25, 0.3) is 0 Å². The van der Waals surface area contributed by atoms with E-state index >= 15 is 0 Å². The van der Waals surface area contributed by atoms with E-state index in [1.54, 1.807) is 6.26 Å². The third kappa shape index (κ3) is 3.27. The number of aryl methyl sites for hydroxylation is 1. The van der Waals surface area contributed by atoms with Crippen LogP contribution in [0.15, 0.2) is 16.7 Å². The minimum absolute atomic E-state index is 0.856. The third-order valence-corrected chi connectivity index (χ3v) is 2.27. The summed E-state index contributed by atoms with van der Waals surface area (Å²) >= 11 is 0. The first-order valence-electron chi connectivity index (χ1n) is 4.89. The summed E-state index contributed by atoms with van der Waals surface area (Å²) in [7, 11) is 2.10. The molecule has 1 heterocycles. The molecule has 0 bridgehead atoms. The van der Waals surface area contributed by atoms with Crippen molar-refractivity contribution >= 4 is 0 Å². The zero-order valence-electron chi connectivity index (χ0n) is 8.92. The maximum absolute atomic E-state index is 5.23. The molecule has 0 atom stereocenters. The van der Waals surface area contributed by atoms with Crippen molar-refractivity contribution in [2.75, 3.05) is 13.6 Å². The second kappa shape index (κ2) is 5.51. The summed E-state index contributed by atoms with van der Waals surface area (Å²) in [5.74, 6) is 3.66. The van der Waals surface area contributed by atoms with E-state index in [1.807, 2.05) is 13.0 Å². The molecule has 0 unspecified atom stereocenters. The molecule has 0 amide bonds. The van der Waals surface area contributed by atoms with Crippen LogP contribution in [0.1, 0.15) is 24.2 Å². The Morgan fingerprint density at radius 3 is 2.93 bits per heavy atom. The summed E-state index contributed by atoms with van der Waals surface area (Å²) in [6.07, 6.45) is 8.84. The van der Waals surface area contributed by atoms with Gasteiger partial charge in [-0.25, -0.2) is 0 Å². The molecule has 0 fully saturated rings. The van der Waals surface area contributed by atoms with E-state index in [-0.39, 0.29) is 0 Å². The lowest BCUT2D eigenvalue weighted by atomic mass is 10.2. The molecular weight excluding hydrogens is 174 g/mol. The molecule has 76 valence electrons. The van der Waals surface area contributed by atoms with Crippen molar-refractivity contribution in [2.45, 2.75) is 26.3 Å². The lowest BCUT2D eigenvalue weighted by Crippen LogP contribution is -2.19. The van der Waals surface area contributed by atoms with Crippen molar-refractivity contribution < 1.29 is 4.42 Å². The number of terminal acetylenes is 1. The molecule has 0 saturated carbocycles. The summed E-state index contributed by atoms with van der Waals surface area (Å²) in [5, 5.41) is 0. The van der Waals surface area contributed by atoms with Crippen LogP contribution in [-0.2, 0) is 6.54 Å². The van der Waals surface area contributed by atoms with Crippen LogP contribution in [0.5, 0.6) is 0 Å². The fourth-order valence-electron chi connectivity index (χ4n) is 1.40. The Labute approximate surface area is 85.9 Å². The molecule has 0 aliphatic carbocycles. The SMILES string of the molecule is C#CCCCN(C)Cc1ccoc1C. The predicted octanol–water partition coefficient (Wildman–Crippen LogP) is 2.43. The number of furan rings is 1. The molecule has 2 nitrogen and oxygen atoms in total. The van der Waals surface area contributed by atoms with Gasteiger partial charge in [-0.1, -0.05) is 0 Å². The van der Waals surface area contributed by atoms with E-state index < -0.39 is 0 Å². The molecule has 0 aliphatic rings. The van der Waals surface area contributed by atoms with E-state index in [0.717, 1.165) is 31.7 Å². The first-order valence-corrected chi connectivity index (χ1v) is 4.89. The normalized spacial score (nSPS) is 10.4. The molecule has 2 heteroatoms. The lowest BCUT2D eigenvalue weighted by molar-refractivity contribution is 0.321. The molecule has 0 radical (unpaired) electrons. The zero-order chi connectivity index (χ0) is 10.4. The number of unbranched alkanes of at least 4 members (excludes halogenated alkanes) is 1. The monoisotopic (exact) mass is 191 g/mol. The topological polar surface area (TPSA) is 16.4 Å². The van der Waals surface area contributed by atoms with Crippen molar-refractivity contribution in [1.82, 2.24) is 4.90 Å². The largest absolute Gasteiger partial charge is 0.469 e. The summed E-state index contributed by atoms with van der Waals surface area (Å²) in [5.41, 5.74) is 1.26. The van der Waals surface area contributed by atoms with Gasteiger partial charge < -0.3 is 9.32 Å². The second-order valence-electron chi connectivity index (χ2n) is 3.55. The standard InChI is InChI=1S/C12H17NO/c1-4-5-6-8-13(3)10-12-7-9-14-11(12)2/h1,7,9H,5-6,8,10H2,2-3H3. The molecule has 0 N–H and O–H groups in total. The molecule has 0 saturated heterocycles. The van der Waals surface area contributed by atoms with Crippen LogP contribution in [-0.4, -0.2) is 18.5 Å². The van der Waals surface area contributed by atoms with Gasteiger partial charge in [0.2, 0.25) is 0 Å². The van der Waals surface area contributed by atoms with Crippen LogP contribution < -0.4 is 0 Å². The van der Waals surface area contributed by atoms with Crippen molar-refractivity contribution in [1.29, 1.82) is 0 Å². The van der Waals surface area contributed by atoms with Crippen LogP contribution in [0.2, 0.25) is 0 Å². The Kier molecular flexibility index (Phi) is 4.28. The van der Waals surface area contributed by atoms with Gasteiger partial charge in [-0.3, -0.25) is 0 Å². The molecule has 14 heavy (non-hydrogen) atoms. The van der Waals surface area contributed by atoms with Gasteiger partial charge in [0, 0.05) is 18.5 Å². The molecule has 0 aromatic carbocycles. The molecule has 1 rings (SSSR count). The number of nitrogens with zero attached hydrogens (tertiary/aromatic N) is 1. The Hall–Kier alpha value is -1.20. The van der Waals surface area contributed by atoms with Crippen LogP contribution in [0, 0.1) is 19.3 Å². The maximum atomic E-state index is 5.23. The summed E-state index contributed by atoms with van der Waals surface area (Å²) in [4.78, 5) is 2.26. The minimum Gasteiger partial charge on any atom is -0.469 e. The smallest absolute Gasteiger partial charge is 0.105 e. The average Bonchev–Trinajstić information content (AvgIpc) is 2.52. The molecule has 1 aromatic rings. The highest BCUT2D eigenvalue weighted by atomic mass is 16.3. The fraction of sp³-hybridized carbons (Fsp3) is 0.500. The summed E-state index contributed by atoms with van der Waals surface area (Å²) in [6.45, 7) is 3.96. The van der Waals surface area contributed by atoms with Gasteiger partial charge in [-0.05, 0) is 33.0 Å². The minimum atomic E-state index is 0.856. The quantitative estimate of drug-likeness (QED) is 0.525. The van der Waals surface area contributed by atoms with E-state index in [0.29, 0.717) is 0 Å². The predicted molar refractivity (Wildman–Crippen MR) is 57.8 cm³/mol. The fourth-order valence-corrected chi connectivity index (χ4v) is 1.40. The Balaban J connectivity index is 2.31. The van der Waals surface area contributed by atoms with Crippen LogP contribution in [0.3, 0.4) is 0 Å². The van der Waals surface area contributed by atoms with E-state index in [2.05, 4.69) is 17.9 Å². The molecular formula is C12H17NO. The van der Waals surface area contributed by atoms with Crippen LogP contribution in [0.4, 0.5) is 0 Å². The van der Waals surface area contributed by atoms with Crippen molar-refractivity contribution in [3.05, 3.63) is 23.7 Å². The second-order valence-corrected chi connectivity index (χ2v) is 3.55. The number of hydrogen-bond donors (Lipinski definition) is 0. The molecule has 0 aliphatic heterocycles. The lowest BCUT2D eigenvalue weighted by Gasteiger charge is -2.14. The molecule has 0 spiro atoms. The summed E-state index contributed by atoms with van der Waals surface area (Å²) in [6, 6.07) is 2.02. The van der Waals surface area contributed by atoms with Gasteiger partial charge in [-0.2, -0.15) is 0 Å². The van der Waals surface area contributed by atoms with E-state index in [9.17, 15) is 0 Å². The number of hydrogen-bond acceptors (Lipinski definition) is 2. The Bertz CT molecular complexity index is 308. The van der Waals surface area contributed by atoms with Gasteiger partial charge in [0.05, 0.1) is 6.26 Å². The van der Waals surface area contributed by atoms with Crippen LogP contribution in [0.25, 0.3) is 0 Å². The Morgan fingerprint density at radius 2 is 2.36 bits per heavy atom. The highest BCUT2D eigenvalue weighted by Gasteiger charge is 2.04. The van der Waals surface area contributed by atoms with Gasteiger partial charge >= 0.3 is 0 Å². The average molecular weight is 191 g/mol. The molecule has 1 aromatic heterocycles.